The lowest BCUT2D eigenvalue weighted by Crippen LogP contribution is -1.83. The van der Waals surface area contributed by atoms with Crippen LogP contribution in [-0.2, 0) is 0 Å². The van der Waals surface area contributed by atoms with Crippen LogP contribution in [0.1, 0.15) is 0 Å². The quantitative estimate of drug-likeness (QED) is 0.511. The molecule has 0 aromatic rings. The van der Waals surface area contributed by atoms with Gasteiger partial charge in [0.1, 0.15) is 11.5 Å². The van der Waals surface area contributed by atoms with Crippen molar-refractivity contribution in [3.8, 4) is 0 Å². The third kappa shape index (κ3) is 5.56. The Morgan fingerprint density at radius 1 is 0.556 bits per heavy atom. The molecule has 0 aromatic heterocycles. The summed E-state index contributed by atoms with van der Waals surface area (Å²) in [5, 5.41) is 18.5. The molecular weight excluding hydrogens is 224 g/mol. The molecule has 0 saturated heterocycles. The maximum Gasteiger partial charge on any atom is 0.115 e. The molecule has 0 aliphatic carbocycles. The number of hydrogen-bond donors (Lipinski definition) is 2. The zero-order chi connectivity index (χ0) is 14.0. The molecular formula is C16H18O2. The van der Waals surface area contributed by atoms with Crippen LogP contribution in [0.2, 0.25) is 0 Å². The standard InChI is InChI=1S/C16H18O2/c1-5-13(9-11-15(17)7-3)14(6-2)10-12-16(18)8-4/h5-12,17-18H,1-4H2/b13-9+,14-10+,15-11+,16-12+. The van der Waals surface area contributed by atoms with Crippen LogP contribution >= 0.6 is 0 Å². The molecule has 18 heavy (non-hydrogen) atoms. The van der Waals surface area contributed by atoms with Crippen LogP contribution in [0.25, 0.3) is 0 Å². The predicted molar refractivity (Wildman–Crippen MR) is 78.4 cm³/mol. The van der Waals surface area contributed by atoms with Gasteiger partial charge in [-0.15, -0.1) is 0 Å². The fraction of sp³-hybridized carbons (Fsp3) is 0. The SMILES string of the molecule is C=C\C(O)=C/C=C(C=C)/C(C=C)=C/C=C(/O)C=C. The van der Waals surface area contributed by atoms with Crippen molar-refractivity contribution in [3.05, 3.63) is 97.6 Å². The highest BCUT2D eigenvalue weighted by Gasteiger charge is 1.95. The molecule has 94 valence electrons. The van der Waals surface area contributed by atoms with E-state index < -0.39 is 0 Å². The topological polar surface area (TPSA) is 40.5 Å². The Morgan fingerprint density at radius 3 is 1.11 bits per heavy atom. The highest BCUT2D eigenvalue weighted by Crippen LogP contribution is 2.13. The fourth-order valence-corrected chi connectivity index (χ4v) is 1.05. The van der Waals surface area contributed by atoms with Crippen molar-refractivity contribution in [1.29, 1.82) is 0 Å². The molecule has 0 rings (SSSR count). The van der Waals surface area contributed by atoms with Crippen LogP contribution in [0, 0.1) is 0 Å². The highest BCUT2D eigenvalue weighted by molar-refractivity contribution is 5.49. The zero-order valence-corrected chi connectivity index (χ0v) is 10.3. The second kappa shape index (κ2) is 8.65. The molecule has 0 amide bonds. The molecule has 0 spiro atoms. The van der Waals surface area contributed by atoms with Gasteiger partial charge < -0.3 is 10.2 Å². The van der Waals surface area contributed by atoms with Crippen molar-refractivity contribution in [2.45, 2.75) is 0 Å². The number of allylic oxidation sites excluding steroid dienone is 10. The van der Waals surface area contributed by atoms with Gasteiger partial charge in [-0.1, -0.05) is 50.6 Å². The number of aliphatic hydroxyl groups is 2. The van der Waals surface area contributed by atoms with Gasteiger partial charge in [-0.25, -0.2) is 0 Å². The van der Waals surface area contributed by atoms with E-state index in [1.165, 1.54) is 24.3 Å². The Balaban J connectivity index is 5.36. The van der Waals surface area contributed by atoms with Crippen LogP contribution in [0.5, 0.6) is 0 Å². The van der Waals surface area contributed by atoms with E-state index in [9.17, 15) is 10.2 Å². The van der Waals surface area contributed by atoms with Crippen molar-refractivity contribution in [2.75, 3.05) is 0 Å². The van der Waals surface area contributed by atoms with Gasteiger partial charge in [-0.3, -0.25) is 0 Å². The second-order valence-corrected chi connectivity index (χ2v) is 3.24. The third-order valence-corrected chi connectivity index (χ3v) is 2.06. The Hall–Kier alpha value is -2.48. The molecule has 0 atom stereocenters. The summed E-state index contributed by atoms with van der Waals surface area (Å²) < 4.78 is 0. The summed E-state index contributed by atoms with van der Waals surface area (Å²) in [6, 6.07) is 0. The van der Waals surface area contributed by atoms with Crippen molar-refractivity contribution in [3.63, 3.8) is 0 Å². The van der Waals surface area contributed by atoms with Gasteiger partial charge in [0.25, 0.3) is 0 Å². The number of hydrogen-bond acceptors (Lipinski definition) is 2. The van der Waals surface area contributed by atoms with Crippen molar-refractivity contribution in [1.82, 2.24) is 0 Å². The minimum absolute atomic E-state index is 0.0576. The Kier molecular flexibility index (Phi) is 7.46. The first kappa shape index (κ1) is 15.5. The van der Waals surface area contributed by atoms with Crippen LogP contribution in [0.4, 0.5) is 0 Å². The fourth-order valence-electron chi connectivity index (χ4n) is 1.05. The van der Waals surface area contributed by atoms with Crippen LogP contribution < -0.4 is 0 Å². The smallest absolute Gasteiger partial charge is 0.115 e. The summed E-state index contributed by atoms with van der Waals surface area (Å²) in [4.78, 5) is 0. The first-order valence-corrected chi connectivity index (χ1v) is 5.31. The van der Waals surface area contributed by atoms with Crippen molar-refractivity contribution < 1.29 is 10.2 Å². The van der Waals surface area contributed by atoms with Gasteiger partial charge in [0, 0.05) is 0 Å². The zero-order valence-electron chi connectivity index (χ0n) is 10.3. The Bertz CT molecular complexity index is 413. The molecule has 2 nitrogen and oxygen atoms in total. The first-order chi connectivity index (χ1) is 8.58. The highest BCUT2D eigenvalue weighted by atomic mass is 16.3. The molecule has 0 aliphatic heterocycles. The largest absolute Gasteiger partial charge is 0.508 e. The van der Waals surface area contributed by atoms with Gasteiger partial charge in [0.2, 0.25) is 0 Å². The summed E-state index contributed by atoms with van der Waals surface area (Å²) in [7, 11) is 0. The van der Waals surface area contributed by atoms with Gasteiger partial charge >= 0.3 is 0 Å². The Labute approximate surface area is 108 Å². The van der Waals surface area contributed by atoms with Crippen molar-refractivity contribution in [2.24, 2.45) is 0 Å². The van der Waals surface area contributed by atoms with Crippen molar-refractivity contribution >= 4 is 0 Å². The number of rotatable bonds is 7. The maximum atomic E-state index is 9.27. The predicted octanol–water partition coefficient (Wildman–Crippen LogP) is 4.47. The maximum absolute atomic E-state index is 9.27. The summed E-state index contributed by atoms with van der Waals surface area (Å²) in [5.41, 5.74) is 1.51. The molecule has 0 radical (unpaired) electrons. The van der Waals surface area contributed by atoms with Crippen LogP contribution in [-0.4, -0.2) is 10.2 Å². The molecule has 0 fully saturated rings. The molecule has 0 heterocycles. The minimum atomic E-state index is 0.0576. The number of aliphatic hydroxyl groups excluding tert-OH is 2. The molecule has 0 aromatic carbocycles. The molecule has 0 saturated carbocycles. The summed E-state index contributed by atoms with van der Waals surface area (Å²) in [6.45, 7) is 14.2. The first-order valence-electron chi connectivity index (χ1n) is 5.31. The third-order valence-electron chi connectivity index (χ3n) is 2.06. The van der Waals surface area contributed by atoms with E-state index in [1.807, 2.05) is 0 Å². The molecule has 0 unspecified atom stereocenters. The molecule has 0 bridgehead atoms. The van der Waals surface area contributed by atoms with Gasteiger partial charge in [0.15, 0.2) is 0 Å². The van der Waals surface area contributed by atoms with E-state index in [0.29, 0.717) is 0 Å². The lowest BCUT2D eigenvalue weighted by atomic mass is 10.0. The van der Waals surface area contributed by atoms with E-state index in [-0.39, 0.29) is 11.5 Å². The monoisotopic (exact) mass is 242 g/mol. The summed E-state index contributed by atoms with van der Waals surface area (Å²) in [5.74, 6) is 0.115. The average Bonchev–Trinajstić information content (AvgIpc) is 2.41. The van der Waals surface area contributed by atoms with Gasteiger partial charge in [-0.05, 0) is 35.5 Å². The minimum Gasteiger partial charge on any atom is -0.508 e. The van der Waals surface area contributed by atoms with E-state index in [4.69, 9.17) is 0 Å². The lowest BCUT2D eigenvalue weighted by Gasteiger charge is -2.01. The molecule has 2 heteroatoms. The van der Waals surface area contributed by atoms with E-state index in [0.717, 1.165) is 11.1 Å². The molecule has 2 N–H and O–H groups in total. The van der Waals surface area contributed by atoms with Crippen LogP contribution in [0.15, 0.2) is 97.6 Å². The average molecular weight is 242 g/mol. The summed E-state index contributed by atoms with van der Waals surface area (Å²) >= 11 is 0. The summed E-state index contributed by atoms with van der Waals surface area (Å²) in [6.07, 6.45) is 12.3. The second-order valence-electron chi connectivity index (χ2n) is 3.24. The van der Waals surface area contributed by atoms with E-state index in [1.54, 1.807) is 24.3 Å². The van der Waals surface area contributed by atoms with Crippen LogP contribution in [0.3, 0.4) is 0 Å². The van der Waals surface area contributed by atoms with Gasteiger partial charge in [0.05, 0.1) is 0 Å². The van der Waals surface area contributed by atoms with E-state index >= 15 is 0 Å². The lowest BCUT2D eigenvalue weighted by molar-refractivity contribution is 0.432. The van der Waals surface area contributed by atoms with E-state index in [2.05, 4.69) is 26.3 Å². The Morgan fingerprint density at radius 2 is 0.889 bits per heavy atom. The molecule has 0 aliphatic rings. The van der Waals surface area contributed by atoms with Gasteiger partial charge in [-0.2, -0.15) is 0 Å². The normalized spacial score (nSPS) is 14.0.